The Morgan fingerprint density at radius 2 is 1.82 bits per heavy atom. The lowest BCUT2D eigenvalue weighted by molar-refractivity contribution is -0.429. The van der Waals surface area contributed by atoms with Crippen LogP contribution >= 0.6 is 0 Å². The highest BCUT2D eigenvalue weighted by Crippen LogP contribution is 2.68. The summed E-state index contributed by atoms with van der Waals surface area (Å²) in [7, 11) is 1.93. The number of aromatic nitrogens is 2. The molecule has 14 atom stereocenters. The van der Waals surface area contributed by atoms with Gasteiger partial charge in [0.15, 0.2) is 28.0 Å². The maximum absolute atomic E-state index is 14.8. The van der Waals surface area contributed by atoms with Gasteiger partial charge in [-0.05, 0) is 136 Å². The zero-order valence-corrected chi connectivity index (χ0v) is 44.5. The van der Waals surface area contributed by atoms with Gasteiger partial charge in [0.25, 0.3) is 0 Å². The summed E-state index contributed by atoms with van der Waals surface area (Å²) < 4.78 is 17.0. The zero-order valence-electron chi connectivity index (χ0n) is 44.5. The molecule has 6 aromatic rings. The van der Waals surface area contributed by atoms with Crippen LogP contribution in [0.25, 0.3) is 38.3 Å². The lowest BCUT2D eigenvalue weighted by atomic mass is 9.47. The molecule has 1 amide bonds. The molecular weight excluding hydrogens is 1010 g/mol. The van der Waals surface area contributed by atoms with E-state index in [1.165, 1.54) is 29.8 Å². The number of aliphatic hydroxyl groups is 5. The second-order valence-corrected chi connectivity index (χ2v) is 24.1. The van der Waals surface area contributed by atoms with Crippen molar-refractivity contribution < 1.29 is 59.5 Å². The molecule has 14 rings (SSSR count). The Hall–Kier alpha value is -6.28. The molecule has 2 saturated carbocycles. The second-order valence-electron chi connectivity index (χ2n) is 24.1. The molecule has 3 aromatic heterocycles. The van der Waals surface area contributed by atoms with Crippen molar-refractivity contribution in [2.75, 3.05) is 20.2 Å². The van der Waals surface area contributed by atoms with E-state index < -0.39 is 77.5 Å². The molecule has 0 unspecified atom stereocenters. The normalized spacial score (nSPS) is 32.5. The Morgan fingerprint density at radius 3 is 2.63 bits per heavy atom. The number of amides is 1. The molecule has 2 spiro atoms. The number of ether oxygens (including phenoxy) is 1. The molecule has 79 heavy (non-hydrogen) atoms. The SMILES string of the molecule is CCc1c2cc[nH]c2cn1-c1c2c(cc3c(=O)cc(C)oc13)C[C@H]1OO[C@@]3([C@@](O)(Cc4ccc(O)c5ccc(O)cc45)[C@@H](O)[C@H](O)[C@H](O)CO)C=CC4=C(CC3)[C@@H]3[C@@H]5C(=C[C@H]([C@H]4NC)[C@@]31O2)CC[C@H]1CCCC[C@]12C(=O)NC[C@H]52. The van der Waals surface area contributed by atoms with Gasteiger partial charge >= 0.3 is 0 Å². The lowest BCUT2D eigenvalue weighted by Gasteiger charge is -2.62. The fourth-order valence-electron chi connectivity index (χ4n) is 17.2. The van der Waals surface area contributed by atoms with Gasteiger partial charge in [-0.2, -0.15) is 0 Å². The predicted octanol–water partition coefficient (Wildman–Crippen LogP) is 6.05. The summed E-state index contributed by atoms with van der Waals surface area (Å²) in [4.78, 5) is 46.9. The van der Waals surface area contributed by atoms with E-state index in [-0.39, 0.29) is 59.9 Å². The second kappa shape index (κ2) is 18.1. The van der Waals surface area contributed by atoms with Crippen molar-refractivity contribution in [2.45, 2.75) is 132 Å². The molecule has 3 aromatic carbocycles. The van der Waals surface area contributed by atoms with Crippen molar-refractivity contribution in [2.24, 2.45) is 35.0 Å². The highest BCUT2D eigenvalue weighted by molar-refractivity contribution is 5.94. The summed E-state index contributed by atoms with van der Waals surface area (Å²) in [6, 6.07) is 12.3. The van der Waals surface area contributed by atoms with Crippen molar-refractivity contribution in [3.8, 4) is 22.9 Å². The van der Waals surface area contributed by atoms with Gasteiger partial charge < -0.3 is 65.1 Å². The summed E-state index contributed by atoms with van der Waals surface area (Å²) in [6.45, 7) is 3.39. The van der Waals surface area contributed by atoms with Gasteiger partial charge in [0, 0.05) is 77.8 Å². The van der Waals surface area contributed by atoms with Crippen molar-refractivity contribution in [1.29, 1.82) is 0 Å². The third-order valence-electron chi connectivity index (χ3n) is 20.7. The molecule has 0 radical (unpaired) electrons. The molecule has 414 valence electrons. The van der Waals surface area contributed by atoms with E-state index in [9.17, 15) is 45.3 Å². The number of rotatable bonds is 10. The van der Waals surface area contributed by atoms with Crippen molar-refractivity contribution in [3.05, 3.63) is 129 Å². The van der Waals surface area contributed by atoms with Gasteiger partial charge in [-0.3, -0.25) is 9.59 Å². The Kier molecular flexibility index (Phi) is 11.7. The highest BCUT2D eigenvalue weighted by Gasteiger charge is 2.72. The first-order valence-corrected chi connectivity index (χ1v) is 28.3. The summed E-state index contributed by atoms with van der Waals surface area (Å²) in [5.74, 6) is -0.262. The Balaban J connectivity index is 1.04. The number of carbonyl (C=O) groups is 1. The van der Waals surface area contributed by atoms with Crippen LogP contribution in [0.5, 0.6) is 17.2 Å². The van der Waals surface area contributed by atoms with Crippen molar-refractivity contribution >= 4 is 38.6 Å². The fourth-order valence-corrected chi connectivity index (χ4v) is 17.2. The van der Waals surface area contributed by atoms with Crippen LogP contribution in [0, 0.1) is 41.9 Å². The molecule has 17 nitrogen and oxygen atoms in total. The van der Waals surface area contributed by atoms with Gasteiger partial charge in [-0.1, -0.05) is 49.1 Å². The van der Waals surface area contributed by atoms with E-state index >= 15 is 0 Å². The molecule has 6 heterocycles. The van der Waals surface area contributed by atoms with E-state index in [4.69, 9.17) is 18.9 Å². The van der Waals surface area contributed by atoms with Gasteiger partial charge in [-0.25, -0.2) is 9.78 Å². The number of aryl methyl sites for hydroxylation is 2. The van der Waals surface area contributed by atoms with Gasteiger partial charge in [0.05, 0.1) is 22.9 Å². The number of aromatic hydroxyl groups is 2. The molecule has 3 aliphatic heterocycles. The molecular formula is C62H68N4O13. The molecule has 2 saturated heterocycles. The smallest absolute Gasteiger partial charge is 0.226 e. The topological polar surface area (TPSA) is 261 Å². The molecule has 8 aliphatic rings. The van der Waals surface area contributed by atoms with Crippen LogP contribution in [0.15, 0.2) is 105 Å². The van der Waals surface area contributed by atoms with E-state index in [0.29, 0.717) is 63.0 Å². The number of fused-ring (bicyclic) bond motifs is 8. The minimum atomic E-state index is -2.61. The number of hydrogen-bond donors (Lipinski definition) is 10. The number of carbonyl (C=O) groups excluding carboxylic acids is 1. The monoisotopic (exact) mass is 1080 g/mol. The van der Waals surface area contributed by atoms with E-state index in [0.717, 1.165) is 66.3 Å². The number of likely N-dealkylation sites (N-methyl/N-ethyl adjacent to an activating group) is 1. The maximum atomic E-state index is 14.8. The van der Waals surface area contributed by atoms with Crippen LogP contribution in [-0.2, 0) is 33.8 Å². The lowest BCUT2D eigenvalue weighted by Crippen LogP contribution is -2.72. The molecule has 17 heteroatoms. The van der Waals surface area contributed by atoms with Crippen LogP contribution in [0.4, 0.5) is 0 Å². The number of benzene rings is 3. The Labute approximate surface area is 455 Å². The number of H-pyrrole nitrogens is 1. The Bertz CT molecular complexity index is 3690. The molecule has 5 bridgehead atoms. The number of allylic oxidation sites excluding steroid dienone is 1. The fraction of sp³-hybridized carbons (Fsp3) is 0.484. The number of phenolic OH excluding ortho intramolecular Hbond substituents is 2. The standard InChI is InChI=1S/C62H68N4O13/c1-4-45-39-16-20-64-44(39)28-66(45)53-55-33(22-41-47(70)21-30(2)76-56(41)53)24-49-62(77-55)42-23-31-8-10-34-7-5-6-17-60(34)43(27-65-58(60)74)50(31)51(62)37-14-18-59(79-78-49,19-15-38(37)52(42)63-3)61(75,57(73)54(72)48(71)29-67)26-32-9-13-46(69)36-12-11-35(68)25-40(32)36/h9,11-13,15-16,19-23,25,28,34,42-43,48-52,54,57,63-64,67-69,71-73,75H,4-8,10,14,17-18,24,26-27,29H2,1-3H3,(H,65,74)/t34-,42-,43-,48-,49-,50-,51-,52+,54-,57+,59-,60+,61-,62+/m1/s1. The highest BCUT2D eigenvalue weighted by atomic mass is 17.2. The van der Waals surface area contributed by atoms with E-state index in [1.807, 2.05) is 37.7 Å². The number of aromatic amines is 1. The van der Waals surface area contributed by atoms with Gasteiger partial charge in [0.1, 0.15) is 53.0 Å². The van der Waals surface area contributed by atoms with Crippen LogP contribution < -0.4 is 20.8 Å². The number of phenols is 2. The first kappa shape index (κ1) is 50.9. The average Bonchev–Trinajstić information content (AvgIpc) is 4.24. The number of nitrogens with one attached hydrogen (secondary N) is 3. The third kappa shape index (κ3) is 6.90. The first-order valence-electron chi connectivity index (χ1n) is 28.3. The number of hydrogen-bond acceptors (Lipinski definition) is 14. The minimum absolute atomic E-state index is 0.0457. The number of aliphatic hydroxyl groups excluding tert-OH is 4. The first-order chi connectivity index (χ1) is 38.1. The van der Waals surface area contributed by atoms with E-state index in [2.05, 4.69) is 33.2 Å². The van der Waals surface area contributed by atoms with Crippen LogP contribution in [0.1, 0.15) is 80.9 Å². The van der Waals surface area contributed by atoms with E-state index in [1.54, 1.807) is 25.1 Å². The molecule has 5 aliphatic carbocycles. The van der Waals surface area contributed by atoms with Gasteiger partial charge in [-0.15, -0.1) is 0 Å². The summed E-state index contributed by atoms with van der Waals surface area (Å²) in [5.41, 5.74) is 0.150. The Morgan fingerprint density at radius 1 is 0.975 bits per heavy atom. The largest absolute Gasteiger partial charge is 0.508 e. The predicted molar refractivity (Wildman–Crippen MR) is 291 cm³/mol. The minimum Gasteiger partial charge on any atom is -0.508 e. The summed E-state index contributed by atoms with van der Waals surface area (Å²) in [6.07, 6.45) is 8.57. The summed E-state index contributed by atoms with van der Waals surface area (Å²) in [5, 5.41) is 91.0. The van der Waals surface area contributed by atoms with Gasteiger partial charge in [0.2, 0.25) is 5.91 Å². The van der Waals surface area contributed by atoms with Crippen LogP contribution in [-0.4, -0.2) is 119 Å². The third-order valence-corrected chi connectivity index (χ3v) is 20.7. The number of nitrogens with zero attached hydrogens (tertiary/aromatic N) is 1. The quantitative estimate of drug-likeness (QED) is 0.0554. The molecule has 4 fully saturated rings. The zero-order chi connectivity index (χ0) is 54.7. The van der Waals surface area contributed by atoms with Crippen LogP contribution in [0.3, 0.4) is 0 Å². The maximum Gasteiger partial charge on any atom is 0.226 e. The molecule has 10 N–H and O–H groups in total. The van der Waals surface area contributed by atoms with Crippen molar-refractivity contribution in [3.63, 3.8) is 0 Å². The average molecular weight is 1080 g/mol. The summed E-state index contributed by atoms with van der Waals surface area (Å²) >= 11 is 0. The van der Waals surface area contributed by atoms with Crippen molar-refractivity contribution in [1.82, 2.24) is 20.2 Å². The van der Waals surface area contributed by atoms with Crippen LogP contribution in [0.2, 0.25) is 0 Å².